The second-order valence-corrected chi connectivity index (χ2v) is 5.05. The van der Waals surface area contributed by atoms with Crippen molar-refractivity contribution < 1.29 is 4.39 Å². The van der Waals surface area contributed by atoms with Crippen molar-refractivity contribution in [3.05, 3.63) is 34.1 Å². The molecule has 1 rings (SSSR count). The summed E-state index contributed by atoms with van der Waals surface area (Å²) >= 11 is 3.21. The number of nitrogens with one attached hydrogen (secondary N) is 1. The molecule has 16 heavy (non-hydrogen) atoms. The lowest BCUT2D eigenvalue weighted by Crippen LogP contribution is -2.20. The number of benzene rings is 1. The Hall–Kier alpha value is -0.410. The second-order valence-electron chi connectivity index (χ2n) is 4.20. The van der Waals surface area contributed by atoms with Crippen molar-refractivity contribution in [1.29, 1.82) is 0 Å². The highest BCUT2D eigenvalue weighted by Gasteiger charge is 2.04. The van der Waals surface area contributed by atoms with Gasteiger partial charge < -0.3 is 5.32 Å². The zero-order chi connectivity index (χ0) is 12.0. The summed E-state index contributed by atoms with van der Waals surface area (Å²) in [4.78, 5) is 0. The van der Waals surface area contributed by atoms with E-state index in [1.165, 1.54) is 11.6 Å². The normalized spacial score (nSPS) is 12.8. The molecular weight excluding hydrogens is 269 g/mol. The maximum atomic E-state index is 13.0. The predicted octanol–water partition coefficient (Wildman–Crippen LogP) is 3.77. The summed E-state index contributed by atoms with van der Waals surface area (Å²) in [6, 6.07) is 5.25. The first-order chi connectivity index (χ1) is 7.63. The summed E-state index contributed by atoms with van der Waals surface area (Å²) in [5, 5.41) is 3.34. The maximum absolute atomic E-state index is 13.0. The van der Waals surface area contributed by atoms with Crippen LogP contribution in [0.1, 0.15) is 25.8 Å². The maximum Gasteiger partial charge on any atom is 0.137 e. The zero-order valence-corrected chi connectivity index (χ0v) is 11.5. The average molecular weight is 288 g/mol. The fourth-order valence-electron chi connectivity index (χ4n) is 1.60. The quantitative estimate of drug-likeness (QED) is 0.840. The highest BCUT2D eigenvalue weighted by molar-refractivity contribution is 9.10. The predicted molar refractivity (Wildman–Crippen MR) is 70.1 cm³/mol. The van der Waals surface area contributed by atoms with Crippen LogP contribution >= 0.6 is 15.9 Å². The smallest absolute Gasteiger partial charge is 0.137 e. The second kappa shape index (κ2) is 7.02. The third-order valence-electron chi connectivity index (χ3n) is 2.65. The van der Waals surface area contributed by atoms with Gasteiger partial charge in [0.1, 0.15) is 5.82 Å². The Kier molecular flexibility index (Phi) is 5.99. The molecule has 0 saturated carbocycles. The summed E-state index contributed by atoms with van der Waals surface area (Å²) in [5.41, 5.74) is 1.19. The molecule has 0 spiro atoms. The van der Waals surface area contributed by atoms with E-state index >= 15 is 0 Å². The number of rotatable bonds is 6. The van der Waals surface area contributed by atoms with E-state index in [2.05, 4.69) is 35.1 Å². The van der Waals surface area contributed by atoms with Gasteiger partial charge in [0.2, 0.25) is 0 Å². The molecule has 3 heteroatoms. The minimum atomic E-state index is -0.190. The molecule has 0 radical (unpaired) electrons. The third kappa shape index (κ3) is 4.62. The largest absolute Gasteiger partial charge is 0.317 e. The van der Waals surface area contributed by atoms with Gasteiger partial charge in [-0.25, -0.2) is 4.39 Å². The fraction of sp³-hybridized carbons (Fsp3) is 0.538. The van der Waals surface area contributed by atoms with E-state index in [-0.39, 0.29) is 5.82 Å². The van der Waals surface area contributed by atoms with Crippen LogP contribution in [0.15, 0.2) is 22.7 Å². The van der Waals surface area contributed by atoms with Crippen molar-refractivity contribution in [3.63, 3.8) is 0 Å². The number of aryl methyl sites for hydroxylation is 1. The van der Waals surface area contributed by atoms with Crippen molar-refractivity contribution in [2.24, 2.45) is 5.92 Å². The van der Waals surface area contributed by atoms with E-state index in [0.29, 0.717) is 10.4 Å². The van der Waals surface area contributed by atoms with Gasteiger partial charge in [0.05, 0.1) is 4.47 Å². The van der Waals surface area contributed by atoms with Crippen LogP contribution in [0.2, 0.25) is 0 Å². The van der Waals surface area contributed by atoms with Crippen LogP contribution in [-0.2, 0) is 6.42 Å². The van der Waals surface area contributed by atoms with Crippen molar-refractivity contribution in [2.45, 2.75) is 26.7 Å². The molecule has 0 bridgehead atoms. The Morgan fingerprint density at radius 3 is 2.81 bits per heavy atom. The van der Waals surface area contributed by atoms with E-state index in [0.717, 1.165) is 25.9 Å². The summed E-state index contributed by atoms with van der Waals surface area (Å²) in [6.07, 6.45) is 2.14. The van der Waals surface area contributed by atoms with Crippen LogP contribution in [-0.4, -0.2) is 13.1 Å². The van der Waals surface area contributed by atoms with Crippen LogP contribution in [0.4, 0.5) is 4.39 Å². The molecule has 1 N–H and O–H groups in total. The van der Waals surface area contributed by atoms with Gasteiger partial charge in [-0.15, -0.1) is 0 Å². The van der Waals surface area contributed by atoms with Crippen LogP contribution in [0.3, 0.4) is 0 Å². The molecule has 0 aromatic heterocycles. The van der Waals surface area contributed by atoms with E-state index in [9.17, 15) is 4.39 Å². The Morgan fingerprint density at radius 2 is 2.19 bits per heavy atom. The molecule has 1 atom stereocenters. The molecule has 0 aliphatic carbocycles. The summed E-state index contributed by atoms with van der Waals surface area (Å²) in [5.74, 6) is 0.466. The van der Waals surface area contributed by atoms with Crippen molar-refractivity contribution in [2.75, 3.05) is 13.1 Å². The van der Waals surface area contributed by atoms with E-state index in [1.807, 2.05) is 12.1 Å². The first kappa shape index (κ1) is 13.7. The highest BCUT2D eigenvalue weighted by Crippen LogP contribution is 2.18. The molecule has 1 nitrogen and oxygen atoms in total. The lowest BCUT2D eigenvalue weighted by molar-refractivity contribution is 0.489. The number of hydrogen-bond donors (Lipinski definition) is 1. The molecule has 0 saturated heterocycles. The van der Waals surface area contributed by atoms with E-state index in [4.69, 9.17) is 0 Å². The molecular formula is C13H19BrFN. The minimum Gasteiger partial charge on any atom is -0.317 e. The molecule has 0 aliphatic rings. The average Bonchev–Trinajstić information content (AvgIpc) is 2.28. The first-order valence-electron chi connectivity index (χ1n) is 5.78. The van der Waals surface area contributed by atoms with Gasteiger partial charge in [-0.05, 0) is 65.5 Å². The molecule has 0 fully saturated rings. The van der Waals surface area contributed by atoms with Crippen LogP contribution in [0.25, 0.3) is 0 Å². The number of hydrogen-bond acceptors (Lipinski definition) is 1. The van der Waals surface area contributed by atoms with Gasteiger partial charge in [0.25, 0.3) is 0 Å². The Bertz CT molecular complexity index is 328. The Balaban J connectivity index is 2.39. The summed E-state index contributed by atoms with van der Waals surface area (Å²) in [7, 11) is 0. The molecule has 0 heterocycles. The van der Waals surface area contributed by atoms with Gasteiger partial charge in [0, 0.05) is 0 Å². The SMILES string of the molecule is CCNCC(C)CCc1ccc(F)c(Br)c1. The molecule has 1 aromatic carbocycles. The van der Waals surface area contributed by atoms with Crippen molar-refractivity contribution in [3.8, 4) is 0 Å². The van der Waals surface area contributed by atoms with Crippen molar-refractivity contribution >= 4 is 15.9 Å². The summed E-state index contributed by atoms with van der Waals surface area (Å²) in [6.45, 7) is 6.43. The number of halogens is 2. The first-order valence-corrected chi connectivity index (χ1v) is 6.57. The molecule has 0 amide bonds. The molecule has 0 aliphatic heterocycles. The van der Waals surface area contributed by atoms with Crippen molar-refractivity contribution in [1.82, 2.24) is 5.32 Å². The van der Waals surface area contributed by atoms with Crippen LogP contribution in [0, 0.1) is 11.7 Å². The standard InChI is InChI=1S/C13H19BrFN/c1-3-16-9-10(2)4-5-11-6-7-13(15)12(14)8-11/h6-8,10,16H,3-5,9H2,1-2H3. The van der Waals surface area contributed by atoms with E-state index < -0.39 is 0 Å². The van der Waals surface area contributed by atoms with E-state index in [1.54, 1.807) is 0 Å². The van der Waals surface area contributed by atoms with Gasteiger partial charge in [-0.3, -0.25) is 0 Å². The van der Waals surface area contributed by atoms with Gasteiger partial charge in [-0.1, -0.05) is 19.9 Å². The Morgan fingerprint density at radius 1 is 1.44 bits per heavy atom. The zero-order valence-electron chi connectivity index (χ0n) is 9.89. The monoisotopic (exact) mass is 287 g/mol. The molecule has 1 unspecified atom stereocenters. The van der Waals surface area contributed by atoms with Gasteiger partial charge in [-0.2, -0.15) is 0 Å². The lowest BCUT2D eigenvalue weighted by Gasteiger charge is -2.11. The highest BCUT2D eigenvalue weighted by atomic mass is 79.9. The lowest BCUT2D eigenvalue weighted by atomic mass is 10.0. The van der Waals surface area contributed by atoms with Gasteiger partial charge >= 0.3 is 0 Å². The third-order valence-corrected chi connectivity index (χ3v) is 3.26. The van der Waals surface area contributed by atoms with Crippen LogP contribution in [0.5, 0.6) is 0 Å². The summed E-state index contributed by atoms with van der Waals surface area (Å²) < 4.78 is 13.6. The Labute approximate surface area is 106 Å². The van der Waals surface area contributed by atoms with Crippen LogP contribution < -0.4 is 5.32 Å². The topological polar surface area (TPSA) is 12.0 Å². The molecule has 1 aromatic rings. The van der Waals surface area contributed by atoms with Gasteiger partial charge in [0.15, 0.2) is 0 Å². The molecule has 90 valence electrons. The minimum absolute atomic E-state index is 0.190. The fourth-order valence-corrected chi connectivity index (χ4v) is 2.03.